The van der Waals surface area contributed by atoms with E-state index in [0.717, 1.165) is 53.5 Å². The molecule has 1 aliphatic rings. The molecule has 0 bridgehead atoms. The molecular weight excluding hydrogens is 511 g/mol. The first-order chi connectivity index (χ1) is 19.0. The average molecular weight is 541 g/mol. The lowest BCUT2D eigenvalue weighted by molar-refractivity contribution is -0.114. The number of ketones is 1. The van der Waals surface area contributed by atoms with E-state index in [4.69, 9.17) is 16.6 Å². The SMILES string of the molecule is C=CC(=O)Cc1cc(-c2nc(Nc3ccc(Cl)c(N4CCCCC4)c3)ncc2Cc2ccccc2)ccc1F. The molecule has 39 heavy (non-hydrogen) atoms. The molecule has 1 fully saturated rings. The van der Waals surface area contributed by atoms with Gasteiger partial charge in [0.2, 0.25) is 5.95 Å². The molecule has 0 saturated carbocycles. The normalized spacial score (nSPS) is 13.2. The minimum absolute atomic E-state index is 0.0581. The number of aromatic nitrogens is 2. The number of piperidine rings is 1. The molecule has 1 aliphatic heterocycles. The van der Waals surface area contributed by atoms with E-state index in [2.05, 4.69) is 21.8 Å². The van der Waals surface area contributed by atoms with Crippen LogP contribution in [0, 0.1) is 5.82 Å². The topological polar surface area (TPSA) is 58.1 Å². The lowest BCUT2D eigenvalue weighted by Crippen LogP contribution is -2.29. The number of hydrogen-bond donors (Lipinski definition) is 1. The van der Waals surface area contributed by atoms with Crippen molar-refractivity contribution in [2.24, 2.45) is 0 Å². The Hall–Kier alpha value is -4.03. The van der Waals surface area contributed by atoms with Gasteiger partial charge in [0.05, 0.1) is 16.4 Å². The maximum atomic E-state index is 14.6. The van der Waals surface area contributed by atoms with Gasteiger partial charge >= 0.3 is 0 Å². The highest BCUT2D eigenvalue weighted by molar-refractivity contribution is 6.33. The van der Waals surface area contributed by atoms with Gasteiger partial charge < -0.3 is 10.2 Å². The molecule has 198 valence electrons. The van der Waals surface area contributed by atoms with Gasteiger partial charge in [-0.15, -0.1) is 0 Å². The molecule has 1 saturated heterocycles. The number of carbonyl (C=O) groups excluding carboxylic acids is 1. The predicted molar refractivity (Wildman–Crippen MR) is 156 cm³/mol. The number of carbonyl (C=O) groups is 1. The fraction of sp³-hybridized carbons (Fsp3) is 0.219. The van der Waals surface area contributed by atoms with Gasteiger partial charge in [0, 0.05) is 48.9 Å². The molecule has 3 aromatic carbocycles. The van der Waals surface area contributed by atoms with Crippen LogP contribution in [0.15, 0.2) is 85.6 Å². The summed E-state index contributed by atoms with van der Waals surface area (Å²) in [7, 11) is 0. The Morgan fingerprint density at radius 2 is 1.82 bits per heavy atom. The highest BCUT2D eigenvalue weighted by Gasteiger charge is 2.17. The molecule has 0 amide bonds. The minimum Gasteiger partial charge on any atom is -0.370 e. The summed E-state index contributed by atoms with van der Waals surface area (Å²) in [5.74, 6) is -0.257. The summed E-state index contributed by atoms with van der Waals surface area (Å²) in [6, 6.07) is 20.6. The number of hydrogen-bond acceptors (Lipinski definition) is 5. The largest absolute Gasteiger partial charge is 0.370 e. The second kappa shape index (κ2) is 12.2. The maximum absolute atomic E-state index is 14.6. The van der Waals surface area contributed by atoms with Crippen molar-refractivity contribution in [3.05, 3.63) is 113 Å². The highest BCUT2D eigenvalue weighted by atomic mass is 35.5. The van der Waals surface area contributed by atoms with Crippen molar-refractivity contribution in [3.63, 3.8) is 0 Å². The maximum Gasteiger partial charge on any atom is 0.227 e. The third kappa shape index (κ3) is 6.52. The summed E-state index contributed by atoms with van der Waals surface area (Å²) in [4.78, 5) is 23.8. The van der Waals surface area contributed by atoms with Gasteiger partial charge in [-0.3, -0.25) is 4.79 Å². The van der Waals surface area contributed by atoms with E-state index < -0.39 is 5.82 Å². The Balaban J connectivity index is 1.51. The highest BCUT2D eigenvalue weighted by Crippen LogP contribution is 2.33. The monoisotopic (exact) mass is 540 g/mol. The first kappa shape index (κ1) is 26.6. The summed E-state index contributed by atoms with van der Waals surface area (Å²) in [5.41, 5.74) is 5.52. The number of nitrogens with zero attached hydrogens (tertiary/aromatic N) is 3. The Bertz CT molecular complexity index is 1490. The zero-order valence-electron chi connectivity index (χ0n) is 21.7. The van der Waals surface area contributed by atoms with Crippen LogP contribution in [0.1, 0.15) is 36.0 Å². The Kier molecular flexibility index (Phi) is 8.33. The number of anilines is 3. The Morgan fingerprint density at radius 1 is 1.03 bits per heavy atom. The fourth-order valence-electron chi connectivity index (χ4n) is 4.88. The number of nitrogens with one attached hydrogen (secondary N) is 1. The standard InChI is InChI=1S/C32H30ClFN4O/c1-2-27(39)19-24-18-23(11-14-29(24)34)31-25(17-22-9-5-3-6-10-22)21-35-32(37-31)36-26-12-13-28(33)30(20-26)38-15-7-4-8-16-38/h2-3,5-6,9-14,18,20-21H,1,4,7-8,15-17,19H2,(H,35,36,37). The molecule has 0 radical (unpaired) electrons. The molecular formula is C32H30ClFN4O. The van der Waals surface area contributed by atoms with E-state index in [1.165, 1.54) is 18.6 Å². The van der Waals surface area contributed by atoms with Crippen LogP contribution in [0.25, 0.3) is 11.3 Å². The molecule has 0 atom stereocenters. The van der Waals surface area contributed by atoms with E-state index in [9.17, 15) is 9.18 Å². The van der Waals surface area contributed by atoms with E-state index >= 15 is 0 Å². The number of benzene rings is 3. The molecule has 0 aliphatic carbocycles. The average Bonchev–Trinajstić information content (AvgIpc) is 2.97. The Labute approximate surface area is 233 Å². The lowest BCUT2D eigenvalue weighted by atomic mass is 9.98. The van der Waals surface area contributed by atoms with Crippen LogP contribution < -0.4 is 10.2 Å². The zero-order valence-corrected chi connectivity index (χ0v) is 22.4. The molecule has 0 unspecified atom stereocenters. The third-order valence-corrected chi connectivity index (χ3v) is 7.23. The molecule has 5 nitrogen and oxygen atoms in total. The molecule has 1 aromatic heterocycles. The first-order valence-electron chi connectivity index (χ1n) is 13.2. The molecule has 2 heterocycles. The molecule has 7 heteroatoms. The fourth-order valence-corrected chi connectivity index (χ4v) is 5.11. The van der Waals surface area contributed by atoms with Crippen LogP contribution in [-0.4, -0.2) is 28.8 Å². The summed E-state index contributed by atoms with van der Waals surface area (Å²) in [5, 5.41) is 4.05. The molecule has 5 rings (SSSR count). The first-order valence-corrected chi connectivity index (χ1v) is 13.5. The number of halogens is 2. The summed E-state index contributed by atoms with van der Waals surface area (Å²) in [6.07, 6.45) is 7.11. The van der Waals surface area contributed by atoms with E-state index in [0.29, 0.717) is 29.2 Å². The van der Waals surface area contributed by atoms with Crippen molar-refractivity contribution in [3.8, 4) is 11.3 Å². The van der Waals surface area contributed by atoms with Gasteiger partial charge in [-0.25, -0.2) is 14.4 Å². The van der Waals surface area contributed by atoms with Gasteiger partial charge in [-0.2, -0.15) is 0 Å². The van der Waals surface area contributed by atoms with Crippen molar-refractivity contribution in [1.82, 2.24) is 9.97 Å². The second-order valence-corrected chi connectivity index (χ2v) is 10.1. The lowest BCUT2D eigenvalue weighted by Gasteiger charge is -2.30. The smallest absolute Gasteiger partial charge is 0.227 e. The van der Waals surface area contributed by atoms with Gasteiger partial charge in [-0.1, -0.05) is 48.5 Å². The van der Waals surface area contributed by atoms with Crippen molar-refractivity contribution in [2.45, 2.75) is 32.1 Å². The van der Waals surface area contributed by atoms with Gasteiger partial charge in [0.15, 0.2) is 5.78 Å². The zero-order chi connectivity index (χ0) is 27.2. The van der Waals surface area contributed by atoms with Crippen molar-refractivity contribution in [1.29, 1.82) is 0 Å². The van der Waals surface area contributed by atoms with E-state index in [1.54, 1.807) is 18.3 Å². The number of allylic oxidation sites excluding steroid dienone is 1. The molecule has 4 aromatic rings. The Morgan fingerprint density at radius 3 is 2.59 bits per heavy atom. The van der Waals surface area contributed by atoms with Gasteiger partial charge in [0.25, 0.3) is 0 Å². The summed E-state index contributed by atoms with van der Waals surface area (Å²) < 4.78 is 14.6. The summed E-state index contributed by atoms with van der Waals surface area (Å²) in [6.45, 7) is 5.48. The van der Waals surface area contributed by atoms with E-state index in [1.807, 2.05) is 48.5 Å². The van der Waals surface area contributed by atoms with Crippen molar-refractivity contribution >= 4 is 34.7 Å². The molecule has 1 N–H and O–H groups in total. The number of rotatable bonds is 9. The van der Waals surface area contributed by atoms with Crippen LogP contribution in [-0.2, 0) is 17.6 Å². The van der Waals surface area contributed by atoms with Crippen LogP contribution in [0.4, 0.5) is 21.7 Å². The van der Waals surface area contributed by atoms with Crippen molar-refractivity contribution in [2.75, 3.05) is 23.3 Å². The van der Waals surface area contributed by atoms with Crippen LogP contribution in [0.5, 0.6) is 0 Å². The van der Waals surface area contributed by atoms with Crippen LogP contribution in [0.3, 0.4) is 0 Å². The molecule has 0 spiro atoms. The third-order valence-electron chi connectivity index (χ3n) is 6.91. The quantitative estimate of drug-likeness (QED) is 0.222. The van der Waals surface area contributed by atoms with Crippen LogP contribution >= 0.6 is 11.6 Å². The van der Waals surface area contributed by atoms with Crippen molar-refractivity contribution < 1.29 is 9.18 Å². The van der Waals surface area contributed by atoms with Crippen LogP contribution in [0.2, 0.25) is 5.02 Å². The van der Waals surface area contributed by atoms with Gasteiger partial charge in [-0.05, 0) is 72.9 Å². The minimum atomic E-state index is -0.433. The second-order valence-electron chi connectivity index (χ2n) is 9.72. The predicted octanol–water partition coefficient (Wildman–Crippen LogP) is 7.56. The summed E-state index contributed by atoms with van der Waals surface area (Å²) >= 11 is 6.55. The van der Waals surface area contributed by atoms with Gasteiger partial charge in [0.1, 0.15) is 5.82 Å². The van der Waals surface area contributed by atoms with E-state index in [-0.39, 0.29) is 12.2 Å².